The zero-order valence-electron chi connectivity index (χ0n) is 20.0. The number of thioether (sulfide) groups is 1. The molecule has 10 heteroatoms. The monoisotopic (exact) mass is 560 g/mol. The summed E-state index contributed by atoms with van der Waals surface area (Å²) in [6.07, 6.45) is 1.48. The van der Waals surface area contributed by atoms with Crippen LogP contribution in [0, 0.1) is 0 Å². The molecule has 0 aliphatic carbocycles. The first-order valence-electron chi connectivity index (χ1n) is 11.7. The molecular weight excluding hydrogens is 539 g/mol. The summed E-state index contributed by atoms with van der Waals surface area (Å²) in [6.45, 7) is 0.453. The van der Waals surface area contributed by atoms with Gasteiger partial charge in [-0.25, -0.2) is 5.43 Å². The first-order valence-corrected chi connectivity index (χ1v) is 13.4. The van der Waals surface area contributed by atoms with Crippen molar-refractivity contribution in [2.45, 2.75) is 11.7 Å². The molecule has 7 nitrogen and oxygen atoms in total. The number of hydrogen-bond acceptors (Lipinski definition) is 6. The van der Waals surface area contributed by atoms with Crippen molar-refractivity contribution in [3.05, 3.63) is 112 Å². The lowest BCUT2D eigenvalue weighted by molar-refractivity contribution is -0.118. The summed E-state index contributed by atoms with van der Waals surface area (Å²) >= 11 is 13.3. The summed E-state index contributed by atoms with van der Waals surface area (Å²) in [4.78, 5) is 12.5. The van der Waals surface area contributed by atoms with Crippen molar-refractivity contribution in [3.8, 4) is 5.69 Å². The molecule has 1 aromatic heterocycles. The van der Waals surface area contributed by atoms with Gasteiger partial charge in [-0.1, -0.05) is 95.6 Å². The number of nitrogens with zero attached hydrogens (tertiary/aromatic N) is 4. The minimum atomic E-state index is -0.283. The smallest absolute Gasteiger partial charge is 0.250 e. The van der Waals surface area contributed by atoms with E-state index in [1.165, 1.54) is 18.0 Å². The quantitative estimate of drug-likeness (QED) is 0.121. The summed E-state index contributed by atoms with van der Waals surface area (Å²) in [6, 6.07) is 29.2. The Hall–Kier alpha value is -3.85. The molecule has 2 N–H and O–H groups in total. The summed E-state index contributed by atoms with van der Waals surface area (Å²) < 4.78 is 1.95. The lowest BCUT2D eigenvalue weighted by Crippen LogP contribution is -2.20. The van der Waals surface area contributed by atoms with Crippen LogP contribution in [0.3, 0.4) is 0 Å². The van der Waals surface area contributed by atoms with Gasteiger partial charge in [-0.2, -0.15) is 5.10 Å². The van der Waals surface area contributed by atoms with Gasteiger partial charge in [0.25, 0.3) is 5.91 Å². The Kier molecular flexibility index (Phi) is 8.23. The van der Waals surface area contributed by atoms with Crippen molar-refractivity contribution < 1.29 is 4.79 Å². The number of anilines is 1. The lowest BCUT2D eigenvalue weighted by atomic mass is 10.1. The SMILES string of the molecule is O=C(CSc1nnc(CNc2cccc3ccccc23)n1-c1ccccc1)N/N=C/c1ccc(Cl)cc1Cl. The number of hydrogen-bond donors (Lipinski definition) is 2. The number of rotatable bonds is 9. The normalized spacial score (nSPS) is 11.2. The van der Waals surface area contributed by atoms with E-state index in [2.05, 4.69) is 44.2 Å². The molecular formula is C28H22Cl2N6OS. The molecule has 0 spiro atoms. The van der Waals surface area contributed by atoms with Gasteiger partial charge >= 0.3 is 0 Å². The number of nitrogens with one attached hydrogen (secondary N) is 2. The van der Waals surface area contributed by atoms with Crippen LogP contribution in [-0.2, 0) is 11.3 Å². The van der Waals surface area contributed by atoms with Crippen molar-refractivity contribution >= 4 is 63.5 Å². The molecule has 0 fully saturated rings. The molecule has 0 atom stereocenters. The number of benzene rings is 4. The highest BCUT2D eigenvalue weighted by molar-refractivity contribution is 7.99. The second-order valence-electron chi connectivity index (χ2n) is 8.20. The summed E-state index contributed by atoms with van der Waals surface area (Å²) in [7, 11) is 0. The molecule has 4 aromatic carbocycles. The maximum Gasteiger partial charge on any atom is 0.250 e. The highest BCUT2D eigenvalue weighted by Gasteiger charge is 2.16. The maximum absolute atomic E-state index is 12.5. The van der Waals surface area contributed by atoms with Crippen LogP contribution in [0.2, 0.25) is 10.0 Å². The Balaban J connectivity index is 1.29. The highest BCUT2D eigenvalue weighted by atomic mass is 35.5. The lowest BCUT2D eigenvalue weighted by Gasteiger charge is -2.12. The second kappa shape index (κ2) is 12.1. The minimum Gasteiger partial charge on any atom is -0.377 e. The molecule has 5 aromatic rings. The average Bonchev–Trinajstić information content (AvgIpc) is 3.35. The van der Waals surface area contributed by atoms with Crippen LogP contribution >= 0.6 is 35.0 Å². The van der Waals surface area contributed by atoms with Gasteiger partial charge in [0.1, 0.15) is 0 Å². The first-order chi connectivity index (χ1) is 18.6. The summed E-state index contributed by atoms with van der Waals surface area (Å²) in [5, 5.41) is 20.2. The first kappa shape index (κ1) is 25.8. The number of hydrazone groups is 1. The van der Waals surface area contributed by atoms with Crippen molar-refractivity contribution in [3.63, 3.8) is 0 Å². The van der Waals surface area contributed by atoms with Gasteiger partial charge in [0.15, 0.2) is 11.0 Å². The van der Waals surface area contributed by atoms with E-state index in [4.69, 9.17) is 23.2 Å². The van der Waals surface area contributed by atoms with E-state index < -0.39 is 0 Å². The molecule has 0 aliphatic heterocycles. The largest absolute Gasteiger partial charge is 0.377 e. The number of fused-ring (bicyclic) bond motifs is 1. The van der Waals surface area contributed by atoms with Crippen LogP contribution in [0.25, 0.3) is 16.5 Å². The van der Waals surface area contributed by atoms with Gasteiger partial charge in [0, 0.05) is 27.3 Å². The van der Waals surface area contributed by atoms with E-state index in [0.29, 0.717) is 27.3 Å². The summed E-state index contributed by atoms with van der Waals surface area (Å²) in [5.74, 6) is 0.546. The Morgan fingerprint density at radius 3 is 2.58 bits per heavy atom. The van der Waals surface area contributed by atoms with E-state index in [-0.39, 0.29) is 11.7 Å². The van der Waals surface area contributed by atoms with Gasteiger partial charge in [-0.3, -0.25) is 9.36 Å². The van der Waals surface area contributed by atoms with Gasteiger partial charge in [-0.05, 0) is 35.7 Å². The van der Waals surface area contributed by atoms with Gasteiger partial charge in [-0.15, -0.1) is 10.2 Å². The topological polar surface area (TPSA) is 84.2 Å². The number of para-hydroxylation sites is 1. The predicted octanol–water partition coefficient (Wildman–Crippen LogP) is 6.58. The molecule has 0 saturated heterocycles. The van der Waals surface area contributed by atoms with Crippen LogP contribution in [-0.4, -0.2) is 32.6 Å². The third-order valence-corrected chi connectivity index (χ3v) is 7.12. The fourth-order valence-corrected chi connectivity index (χ4v) is 5.06. The van der Waals surface area contributed by atoms with Crippen molar-refractivity contribution in [1.29, 1.82) is 0 Å². The molecule has 190 valence electrons. The number of aromatic nitrogens is 3. The van der Waals surface area contributed by atoms with E-state index >= 15 is 0 Å². The molecule has 1 heterocycles. The van der Waals surface area contributed by atoms with Crippen molar-refractivity contribution in [2.24, 2.45) is 5.10 Å². The van der Waals surface area contributed by atoms with Crippen molar-refractivity contribution in [1.82, 2.24) is 20.2 Å². The Labute approximate surface area is 233 Å². The van der Waals surface area contributed by atoms with Crippen LogP contribution in [0.5, 0.6) is 0 Å². The standard InChI is InChI=1S/C28H22Cl2N6OS/c29-21-14-13-20(24(30)15-21)16-32-34-27(37)18-38-28-35-33-26(36(28)22-9-2-1-3-10-22)17-31-25-12-6-8-19-7-4-5-11-23(19)25/h1-16,31H,17-18H2,(H,34,37)/b32-16+. The fourth-order valence-electron chi connectivity index (χ4n) is 3.84. The highest BCUT2D eigenvalue weighted by Crippen LogP contribution is 2.26. The van der Waals surface area contributed by atoms with E-state index in [1.54, 1.807) is 18.2 Å². The third-order valence-electron chi connectivity index (χ3n) is 5.63. The molecule has 0 unspecified atom stereocenters. The Morgan fingerprint density at radius 2 is 1.74 bits per heavy atom. The summed E-state index contributed by atoms with van der Waals surface area (Å²) in [5.41, 5.74) is 5.09. The molecule has 0 radical (unpaired) electrons. The number of amides is 1. The third kappa shape index (κ3) is 6.16. The van der Waals surface area contributed by atoms with Crippen LogP contribution < -0.4 is 10.7 Å². The van der Waals surface area contributed by atoms with Crippen molar-refractivity contribution in [2.75, 3.05) is 11.1 Å². The van der Waals surface area contributed by atoms with E-state index in [0.717, 1.165) is 28.0 Å². The van der Waals surface area contributed by atoms with Crippen LogP contribution in [0.15, 0.2) is 101 Å². The number of carbonyl (C=O) groups is 1. The number of carbonyl (C=O) groups excluding carboxylic acids is 1. The van der Waals surface area contributed by atoms with E-state index in [1.807, 2.05) is 59.2 Å². The Morgan fingerprint density at radius 1 is 0.947 bits per heavy atom. The maximum atomic E-state index is 12.5. The van der Waals surface area contributed by atoms with Crippen LogP contribution in [0.1, 0.15) is 11.4 Å². The second-order valence-corrected chi connectivity index (χ2v) is 9.98. The Bertz CT molecular complexity index is 1600. The molecule has 0 aliphatic rings. The van der Waals surface area contributed by atoms with Gasteiger partial charge in [0.05, 0.1) is 23.5 Å². The fraction of sp³-hybridized carbons (Fsp3) is 0.0714. The molecule has 38 heavy (non-hydrogen) atoms. The molecule has 5 rings (SSSR count). The molecule has 0 saturated carbocycles. The molecule has 0 bridgehead atoms. The minimum absolute atomic E-state index is 0.105. The molecule has 1 amide bonds. The predicted molar refractivity (Wildman–Crippen MR) is 156 cm³/mol. The van der Waals surface area contributed by atoms with Gasteiger partial charge < -0.3 is 5.32 Å². The van der Waals surface area contributed by atoms with Gasteiger partial charge in [0.2, 0.25) is 0 Å². The van der Waals surface area contributed by atoms with Crippen LogP contribution in [0.4, 0.5) is 5.69 Å². The number of halogens is 2. The zero-order valence-corrected chi connectivity index (χ0v) is 22.3. The average molecular weight is 561 g/mol. The van der Waals surface area contributed by atoms with E-state index in [9.17, 15) is 4.79 Å². The zero-order chi connectivity index (χ0) is 26.3.